The molecule has 6 heteroatoms. The molecule has 2 aliphatic rings. The Balaban J connectivity index is 1.93. The second kappa shape index (κ2) is 5.34. The van der Waals surface area contributed by atoms with Crippen LogP contribution in [0.2, 0.25) is 0 Å². The van der Waals surface area contributed by atoms with Crippen LogP contribution < -0.4 is 10.2 Å². The van der Waals surface area contributed by atoms with Gasteiger partial charge in [0.05, 0.1) is 5.69 Å². The second-order valence-corrected chi connectivity index (χ2v) is 6.19. The van der Waals surface area contributed by atoms with Gasteiger partial charge in [-0.3, -0.25) is 0 Å². The fourth-order valence-electron chi connectivity index (χ4n) is 2.99. The van der Waals surface area contributed by atoms with Gasteiger partial charge in [0.15, 0.2) is 4.73 Å². The Morgan fingerprint density at radius 2 is 2.26 bits per heavy atom. The van der Waals surface area contributed by atoms with E-state index in [1.165, 1.54) is 24.2 Å². The third-order valence-corrected chi connectivity index (χ3v) is 4.49. The summed E-state index contributed by atoms with van der Waals surface area (Å²) in [5.41, 5.74) is 2.46. The molecule has 5 nitrogen and oxygen atoms in total. The molecule has 0 spiro atoms. The van der Waals surface area contributed by atoms with Crippen molar-refractivity contribution in [2.75, 3.05) is 38.6 Å². The number of likely N-dealkylation sites (tertiary alicyclic amines) is 1. The van der Waals surface area contributed by atoms with Crippen molar-refractivity contribution in [3.05, 3.63) is 16.0 Å². The SMILES string of the molecule is CN1CCC(N(C)c2nc(Br)nc3c2CNCC3)C1. The summed E-state index contributed by atoms with van der Waals surface area (Å²) in [6.45, 7) is 4.17. The van der Waals surface area contributed by atoms with Crippen molar-refractivity contribution in [1.29, 1.82) is 0 Å². The van der Waals surface area contributed by atoms with E-state index in [1.54, 1.807) is 0 Å². The van der Waals surface area contributed by atoms with Crippen molar-refractivity contribution in [3.63, 3.8) is 0 Å². The molecular formula is C13H20BrN5. The van der Waals surface area contributed by atoms with E-state index >= 15 is 0 Å². The van der Waals surface area contributed by atoms with E-state index in [2.05, 4.69) is 55.1 Å². The third kappa shape index (κ3) is 2.61. The molecule has 1 aromatic rings. The first-order valence-electron chi connectivity index (χ1n) is 6.82. The first-order valence-corrected chi connectivity index (χ1v) is 7.62. The van der Waals surface area contributed by atoms with Crippen LogP contribution in [-0.4, -0.2) is 54.6 Å². The van der Waals surface area contributed by atoms with Gasteiger partial charge in [0.25, 0.3) is 0 Å². The number of nitrogens with zero attached hydrogens (tertiary/aromatic N) is 4. The summed E-state index contributed by atoms with van der Waals surface area (Å²) >= 11 is 3.45. The van der Waals surface area contributed by atoms with Gasteiger partial charge >= 0.3 is 0 Å². The maximum Gasteiger partial charge on any atom is 0.198 e. The van der Waals surface area contributed by atoms with Crippen molar-refractivity contribution in [2.45, 2.75) is 25.4 Å². The van der Waals surface area contributed by atoms with E-state index in [-0.39, 0.29) is 0 Å². The Labute approximate surface area is 122 Å². The highest BCUT2D eigenvalue weighted by molar-refractivity contribution is 9.10. The average molecular weight is 326 g/mol. The van der Waals surface area contributed by atoms with Crippen LogP contribution in [0, 0.1) is 0 Å². The molecule has 1 saturated heterocycles. The first-order chi connectivity index (χ1) is 9.15. The molecule has 3 heterocycles. The number of hydrogen-bond donors (Lipinski definition) is 1. The number of hydrogen-bond acceptors (Lipinski definition) is 5. The zero-order valence-electron chi connectivity index (χ0n) is 11.5. The van der Waals surface area contributed by atoms with Crippen LogP contribution in [0.5, 0.6) is 0 Å². The van der Waals surface area contributed by atoms with Crippen LogP contribution >= 0.6 is 15.9 Å². The Hall–Kier alpha value is -0.720. The van der Waals surface area contributed by atoms with Gasteiger partial charge in [0, 0.05) is 44.7 Å². The lowest BCUT2D eigenvalue weighted by molar-refractivity contribution is 0.409. The van der Waals surface area contributed by atoms with Crippen molar-refractivity contribution in [3.8, 4) is 0 Å². The third-order valence-electron chi connectivity index (χ3n) is 4.13. The largest absolute Gasteiger partial charge is 0.355 e. The zero-order valence-corrected chi connectivity index (χ0v) is 13.1. The van der Waals surface area contributed by atoms with Crippen molar-refractivity contribution < 1.29 is 0 Å². The number of fused-ring (bicyclic) bond motifs is 1. The number of aromatic nitrogens is 2. The van der Waals surface area contributed by atoms with E-state index in [9.17, 15) is 0 Å². The van der Waals surface area contributed by atoms with Gasteiger partial charge < -0.3 is 15.1 Å². The zero-order chi connectivity index (χ0) is 13.4. The normalized spacial score (nSPS) is 23.4. The fourth-order valence-corrected chi connectivity index (χ4v) is 3.37. The summed E-state index contributed by atoms with van der Waals surface area (Å²) in [4.78, 5) is 13.9. The molecular weight excluding hydrogens is 306 g/mol. The summed E-state index contributed by atoms with van der Waals surface area (Å²) in [7, 11) is 4.34. The molecule has 104 valence electrons. The van der Waals surface area contributed by atoms with Gasteiger partial charge in [0.1, 0.15) is 5.82 Å². The Bertz CT molecular complexity index is 478. The molecule has 1 fully saturated rings. The van der Waals surface area contributed by atoms with Gasteiger partial charge in [-0.05, 0) is 35.9 Å². The summed E-state index contributed by atoms with van der Waals surface area (Å²) in [6, 6.07) is 0.554. The smallest absolute Gasteiger partial charge is 0.198 e. The van der Waals surface area contributed by atoms with E-state index in [1.807, 2.05) is 0 Å². The van der Waals surface area contributed by atoms with Gasteiger partial charge in [-0.15, -0.1) is 0 Å². The fraction of sp³-hybridized carbons (Fsp3) is 0.692. The topological polar surface area (TPSA) is 44.3 Å². The number of likely N-dealkylation sites (N-methyl/N-ethyl adjacent to an activating group) is 2. The van der Waals surface area contributed by atoms with E-state index < -0.39 is 0 Å². The van der Waals surface area contributed by atoms with Crippen molar-refractivity contribution >= 4 is 21.7 Å². The maximum absolute atomic E-state index is 4.63. The van der Waals surface area contributed by atoms with Crippen LogP contribution in [0.25, 0.3) is 0 Å². The number of halogens is 1. The molecule has 0 bridgehead atoms. The molecule has 0 amide bonds. The van der Waals surface area contributed by atoms with Crippen LogP contribution in [0.1, 0.15) is 17.7 Å². The molecule has 1 N–H and O–H groups in total. The molecule has 0 radical (unpaired) electrons. The molecule has 0 saturated carbocycles. The molecule has 1 atom stereocenters. The van der Waals surface area contributed by atoms with E-state index in [0.717, 1.165) is 31.9 Å². The van der Waals surface area contributed by atoms with Crippen LogP contribution in [0.4, 0.5) is 5.82 Å². The summed E-state index contributed by atoms with van der Waals surface area (Å²) < 4.78 is 0.710. The Morgan fingerprint density at radius 1 is 1.42 bits per heavy atom. The van der Waals surface area contributed by atoms with E-state index in [0.29, 0.717) is 10.8 Å². The highest BCUT2D eigenvalue weighted by Crippen LogP contribution is 2.27. The minimum Gasteiger partial charge on any atom is -0.355 e. The molecule has 1 unspecified atom stereocenters. The quantitative estimate of drug-likeness (QED) is 0.823. The standard InChI is InChI=1S/C13H20BrN5/c1-18-6-4-9(8-18)19(2)12-10-7-15-5-3-11(10)16-13(14)17-12/h9,15H,3-8H2,1-2H3. The van der Waals surface area contributed by atoms with Gasteiger partial charge in [-0.25, -0.2) is 9.97 Å². The first kappa shape index (κ1) is 13.3. The molecule has 0 aliphatic carbocycles. The summed E-state index contributed by atoms with van der Waals surface area (Å²) in [6.07, 6.45) is 2.19. The Morgan fingerprint density at radius 3 is 3.00 bits per heavy atom. The number of nitrogens with one attached hydrogen (secondary N) is 1. The van der Waals surface area contributed by atoms with Crippen LogP contribution in [0.3, 0.4) is 0 Å². The maximum atomic E-state index is 4.63. The van der Waals surface area contributed by atoms with Crippen molar-refractivity contribution in [2.24, 2.45) is 0 Å². The van der Waals surface area contributed by atoms with Crippen molar-refractivity contribution in [1.82, 2.24) is 20.2 Å². The van der Waals surface area contributed by atoms with Crippen LogP contribution in [-0.2, 0) is 13.0 Å². The lowest BCUT2D eigenvalue weighted by Crippen LogP contribution is -2.37. The second-order valence-electron chi connectivity index (χ2n) is 5.48. The van der Waals surface area contributed by atoms with Crippen LogP contribution in [0.15, 0.2) is 4.73 Å². The number of anilines is 1. The molecule has 3 rings (SSSR count). The van der Waals surface area contributed by atoms with Gasteiger partial charge in [0.2, 0.25) is 0 Å². The summed E-state index contributed by atoms with van der Waals surface area (Å²) in [5, 5.41) is 3.42. The summed E-state index contributed by atoms with van der Waals surface area (Å²) in [5.74, 6) is 1.09. The monoisotopic (exact) mass is 325 g/mol. The minimum atomic E-state index is 0.554. The highest BCUT2D eigenvalue weighted by Gasteiger charge is 2.27. The lowest BCUT2D eigenvalue weighted by atomic mass is 10.1. The lowest BCUT2D eigenvalue weighted by Gasteiger charge is -2.29. The number of rotatable bonds is 2. The predicted molar refractivity (Wildman–Crippen MR) is 79.4 cm³/mol. The minimum absolute atomic E-state index is 0.554. The highest BCUT2D eigenvalue weighted by atomic mass is 79.9. The molecule has 19 heavy (non-hydrogen) atoms. The van der Waals surface area contributed by atoms with Gasteiger partial charge in [-0.1, -0.05) is 0 Å². The predicted octanol–water partition coefficient (Wildman–Crippen LogP) is 1.03. The Kier molecular flexibility index (Phi) is 3.73. The molecule has 2 aliphatic heterocycles. The van der Waals surface area contributed by atoms with Gasteiger partial charge in [-0.2, -0.15) is 0 Å². The van der Waals surface area contributed by atoms with E-state index in [4.69, 9.17) is 0 Å². The molecule has 1 aromatic heterocycles. The average Bonchev–Trinajstić information content (AvgIpc) is 2.83. The molecule has 0 aromatic carbocycles.